The number of ketones is 2. The van der Waals surface area contributed by atoms with Gasteiger partial charge in [0, 0.05) is 54.4 Å². The quantitative estimate of drug-likeness (QED) is 0.245. The number of carbonyl (C=O) groups excluding carboxylic acids is 3. The Morgan fingerprint density at radius 1 is 1.02 bits per heavy atom. The normalized spacial score (nSPS) is 18.3. The van der Waals surface area contributed by atoms with Gasteiger partial charge in [0.2, 0.25) is 23.1 Å². The van der Waals surface area contributed by atoms with Gasteiger partial charge in [-0.15, -0.1) is 0 Å². The molecule has 0 radical (unpaired) electrons. The van der Waals surface area contributed by atoms with Gasteiger partial charge < -0.3 is 28.7 Å². The summed E-state index contributed by atoms with van der Waals surface area (Å²) >= 11 is 6.59. The Bertz CT molecular complexity index is 1800. The summed E-state index contributed by atoms with van der Waals surface area (Å²) in [6, 6.07) is 14.2. The molecule has 1 aliphatic carbocycles. The van der Waals surface area contributed by atoms with E-state index in [9.17, 15) is 14.4 Å². The first-order valence-corrected chi connectivity index (χ1v) is 14.8. The lowest BCUT2D eigenvalue weighted by Gasteiger charge is -2.35. The number of benzene rings is 2. The number of methoxy groups -OCH3 is 3. The molecule has 0 fully saturated rings. The van der Waals surface area contributed by atoms with Gasteiger partial charge in [0.25, 0.3) is 0 Å². The molecule has 4 aromatic rings. The van der Waals surface area contributed by atoms with E-state index in [0.717, 1.165) is 5.69 Å². The number of amides is 1. The van der Waals surface area contributed by atoms with E-state index in [0.29, 0.717) is 41.4 Å². The third-order valence-electron chi connectivity index (χ3n) is 8.37. The maximum absolute atomic E-state index is 14.7. The van der Waals surface area contributed by atoms with E-state index in [4.69, 9.17) is 35.0 Å². The minimum absolute atomic E-state index is 0.0224. The molecular weight excluding hydrogens is 600 g/mol. The molecule has 2 atom stereocenters. The molecule has 2 aromatic heterocycles. The van der Waals surface area contributed by atoms with Gasteiger partial charge in [-0.25, -0.2) is 0 Å². The Morgan fingerprint density at radius 3 is 2.42 bits per heavy atom. The molecule has 45 heavy (non-hydrogen) atoms. The monoisotopic (exact) mass is 630 g/mol. The molecule has 0 saturated heterocycles. The summed E-state index contributed by atoms with van der Waals surface area (Å²) in [5.74, 6) is -0.316. The molecule has 0 saturated carbocycles. The van der Waals surface area contributed by atoms with Gasteiger partial charge in [0.15, 0.2) is 5.75 Å². The van der Waals surface area contributed by atoms with Crippen LogP contribution >= 0.6 is 11.6 Å². The molecule has 11 heteroatoms. The van der Waals surface area contributed by atoms with Gasteiger partial charge >= 0.3 is 0 Å². The number of halogens is 1. The summed E-state index contributed by atoms with van der Waals surface area (Å²) in [5, 5.41) is 2.98. The van der Waals surface area contributed by atoms with Gasteiger partial charge in [-0.3, -0.25) is 19.4 Å². The smallest absolute Gasteiger partial charge is 0.237 e. The summed E-state index contributed by atoms with van der Waals surface area (Å²) in [6.07, 6.45) is 2.26. The van der Waals surface area contributed by atoms with Gasteiger partial charge in [-0.2, -0.15) is 0 Å². The molecule has 3 heterocycles. The Morgan fingerprint density at radius 2 is 1.76 bits per heavy atom. The second-order valence-electron chi connectivity index (χ2n) is 10.9. The summed E-state index contributed by atoms with van der Waals surface area (Å²) in [4.78, 5) is 46.5. The van der Waals surface area contributed by atoms with Gasteiger partial charge in [-0.05, 0) is 36.4 Å². The first-order chi connectivity index (χ1) is 21.7. The van der Waals surface area contributed by atoms with Crippen molar-refractivity contribution >= 4 is 29.1 Å². The Kier molecular flexibility index (Phi) is 8.01. The van der Waals surface area contributed by atoms with Crippen LogP contribution in [0.15, 0.2) is 59.1 Å². The molecule has 0 bridgehead atoms. The molecule has 1 spiro atoms. The first-order valence-electron chi connectivity index (χ1n) is 14.4. The van der Waals surface area contributed by atoms with Crippen molar-refractivity contribution in [2.75, 3.05) is 27.9 Å². The van der Waals surface area contributed by atoms with Gasteiger partial charge in [0.05, 0.1) is 33.3 Å². The molecule has 6 rings (SSSR count). The highest BCUT2D eigenvalue weighted by molar-refractivity contribution is 6.36. The zero-order valence-corrected chi connectivity index (χ0v) is 25.9. The van der Waals surface area contributed by atoms with E-state index < -0.39 is 23.1 Å². The van der Waals surface area contributed by atoms with Crippen LogP contribution < -0.4 is 24.3 Å². The van der Waals surface area contributed by atoms with Crippen LogP contribution in [0.3, 0.4) is 0 Å². The zero-order valence-electron chi connectivity index (χ0n) is 25.2. The average molecular weight is 631 g/mol. The van der Waals surface area contributed by atoms with Crippen LogP contribution in [-0.2, 0) is 24.1 Å². The lowest BCUT2D eigenvalue weighted by molar-refractivity contribution is -0.120. The first kappa shape index (κ1) is 30.2. The van der Waals surface area contributed by atoms with E-state index in [1.807, 2.05) is 18.2 Å². The number of nitrogens with zero attached hydrogens (tertiary/aromatic N) is 1. The van der Waals surface area contributed by atoms with Crippen molar-refractivity contribution in [3.8, 4) is 34.3 Å². The van der Waals surface area contributed by atoms with Crippen LogP contribution in [0.5, 0.6) is 23.0 Å². The van der Waals surface area contributed by atoms with E-state index >= 15 is 0 Å². The number of Topliss-reactive ketones (excluding diaryl/α,β-unsaturated/α-hetero) is 2. The molecular formula is C34H31ClN2O8. The third-order valence-corrected chi connectivity index (χ3v) is 8.73. The fourth-order valence-electron chi connectivity index (χ4n) is 6.08. The number of furan rings is 1. The van der Waals surface area contributed by atoms with E-state index in [1.54, 1.807) is 44.5 Å². The molecule has 2 aromatic carbocycles. The maximum Gasteiger partial charge on any atom is 0.237 e. The number of aromatic nitrogens is 1. The van der Waals surface area contributed by atoms with Crippen LogP contribution in [0, 0.1) is 5.92 Å². The topological polar surface area (TPSA) is 126 Å². The third kappa shape index (κ3) is 4.99. The lowest BCUT2D eigenvalue weighted by atomic mass is 9.70. The van der Waals surface area contributed by atoms with Crippen molar-refractivity contribution < 1.29 is 37.7 Å². The number of fused-ring (bicyclic) bond motifs is 2. The molecule has 1 aliphatic heterocycles. The maximum atomic E-state index is 14.7. The highest BCUT2D eigenvalue weighted by Gasteiger charge is 2.63. The van der Waals surface area contributed by atoms with Crippen molar-refractivity contribution in [3.05, 3.63) is 87.9 Å². The number of hydrogen-bond donors (Lipinski definition) is 1. The van der Waals surface area contributed by atoms with Crippen LogP contribution in [0.1, 0.15) is 44.7 Å². The highest BCUT2D eigenvalue weighted by Crippen LogP contribution is 2.54. The fraction of sp³-hybridized carbons (Fsp3) is 0.294. The zero-order chi connectivity index (χ0) is 31.9. The number of pyridine rings is 1. The van der Waals surface area contributed by atoms with E-state index in [-0.39, 0.29) is 52.1 Å². The van der Waals surface area contributed by atoms with E-state index in [1.165, 1.54) is 20.3 Å². The van der Waals surface area contributed by atoms with Crippen molar-refractivity contribution in [3.63, 3.8) is 0 Å². The second-order valence-corrected chi connectivity index (χ2v) is 11.3. The average Bonchev–Trinajstić information content (AvgIpc) is 3.57. The summed E-state index contributed by atoms with van der Waals surface area (Å²) in [6.45, 7) is 2.10. The standard InChI is InChI=1S/C34H31ClN2O8/c1-18-15-24-27(32(39)34(18)33(40)28-23(42-3)17-25(43-4)29(35)31(28)45-34)22(30(44-24)19-8-10-21(41-2)11-9-19)16-26(38)37-14-12-20-7-5-6-13-36-20/h5-11,13,17-18H,12,14-16H2,1-4H3,(H,37,38). The molecule has 2 aliphatic rings. The van der Waals surface area contributed by atoms with Crippen molar-refractivity contribution in [2.24, 2.45) is 5.92 Å². The molecule has 1 amide bonds. The van der Waals surface area contributed by atoms with Gasteiger partial charge in [-0.1, -0.05) is 24.6 Å². The van der Waals surface area contributed by atoms with E-state index in [2.05, 4.69) is 10.3 Å². The molecule has 10 nitrogen and oxygen atoms in total. The highest BCUT2D eigenvalue weighted by atomic mass is 35.5. The number of ether oxygens (including phenoxy) is 4. The largest absolute Gasteiger partial charge is 0.497 e. The van der Waals surface area contributed by atoms with Crippen molar-refractivity contribution in [2.45, 2.75) is 31.8 Å². The summed E-state index contributed by atoms with van der Waals surface area (Å²) < 4.78 is 28.8. The van der Waals surface area contributed by atoms with Crippen LogP contribution in [0.4, 0.5) is 0 Å². The summed E-state index contributed by atoms with van der Waals surface area (Å²) in [5.41, 5.74) is 0.133. The molecule has 232 valence electrons. The Hall–Kier alpha value is -4.83. The fourth-order valence-corrected chi connectivity index (χ4v) is 6.34. The van der Waals surface area contributed by atoms with Gasteiger partial charge in [0.1, 0.15) is 39.4 Å². The molecule has 1 N–H and O–H groups in total. The number of hydrogen-bond acceptors (Lipinski definition) is 9. The number of rotatable bonds is 9. The second kappa shape index (κ2) is 11.9. The lowest BCUT2D eigenvalue weighted by Crippen LogP contribution is -2.56. The minimum Gasteiger partial charge on any atom is -0.497 e. The van der Waals surface area contributed by atoms with Crippen LogP contribution in [-0.4, -0.2) is 55.9 Å². The van der Waals surface area contributed by atoms with Crippen LogP contribution in [0.25, 0.3) is 11.3 Å². The van der Waals surface area contributed by atoms with Crippen LogP contribution in [0.2, 0.25) is 5.02 Å². The number of carbonyl (C=O) groups is 3. The predicted octanol–water partition coefficient (Wildman–Crippen LogP) is 5.31. The van der Waals surface area contributed by atoms with Crippen molar-refractivity contribution in [1.82, 2.24) is 10.3 Å². The SMILES string of the molecule is COc1ccc(-c2oc3c(c2CC(=O)NCCc2ccccn2)C(=O)C2(Oc4c(Cl)c(OC)cc(OC)c4C2=O)C(C)C3)cc1. The predicted molar refractivity (Wildman–Crippen MR) is 165 cm³/mol. The Labute approximate surface area is 264 Å². The van der Waals surface area contributed by atoms with Crippen molar-refractivity contribution in [1.29, 1.82) is 0 Å². The Balaban J connectivity index is 1.41. The summed E-state index contributed by atoms with van der Waals surface area (Å²) in [7, 11) is 4.40. The number of nitrogens with one attached hydrogen (secondary N) is 1. The molecule has 2 unspecified atom stereocenters. The minimum atomic E-state index is -1.94.